The Morgan fingerprint density at radius 1 is 1.32 bits per heavy atom. The van der Waals surface area contributed by atoms with Gasteiger partial charge in [-0.25, -0.2) is 4.98 Å². The Hall–Kier alpha value is -3.01. The van der Waals surface area contributed by atoms with Gasteiger partial charge < -0.3 is 14.2 Å². The third-order valence-electron chi connectivity index (χ3n) is 3.68. The van der Waals surface area contributed by atoms with Gasteiger partial charge in [-0.1, -0.05) is 6.07 Å². The molecule has 0 aromatic carbocycles. The summed E-state index contributed by atoms with van der Waals surface area (Å²) >= 11 is 5.32. The van der Waals surface area contributed by atoms with E-state index in [1.165, 1.54) is 18.3 Å². The molecule has 25 heavy (non-hydrogen) atoms. The van der Waals surface area contributed by atoms with Crippen LogP contribution in [0.5, 0.6) is 0 Å². The first kappa shape index (κ1) is 16.8. The van der Waals surface area contributed by atoms with Crippen LogP contribution in [0.15, 0.2) is 46.0 Å². The van der Waals surface area contributed by atoms with Crippen LogP contribution in [0.3, 0.4) is 0 Å². The van der Waals surface area contributed by atoms with Crippen LogP contribution >= 0.6 is 12.2 Å². The van der Waals surface area contributed by atoms with Crippen molar-refractivity contribution in [3.8, 4) is 0 Å². The van der Waals surface area contributed by atoms with E-state index in [4.69, 9.17) is 16.6 Å². The van der Waals surface area contributed by atoms with E-state index in [9.17, 15) is 10.1 Å². The summed E-state index contributed by atoms with van der Waals surface area (Å²) in [5.74, 6) is 0.912. The van der Waals surface area contributed by atoms with E-state index in [1.807, 2.05) is 23.1 Å². The zero-order chi connectivity index (χ0) is 17.6. The second-order valence-corrected chi connectivity index (χ2v) is 5.66. The van der Waals surface area contributed by atoms with Gasteiger partial charge in [-0.15, -0.1) is 0 Å². The molecular formula is C15H16N6O3S. The Bertz CT molecular complexity index is 771. The van der Waals surface area contributed by atoms with Crippen molar-refractivity contribution in [2.24, 2.45) is 5.10 Å². The van der Waals surface area contributed by atoms with Crippen molar-refractivity contribution >= 4 is 35.2 Å². The minimum atomic E-state index is -0.601. The molecule has 1 saturated heterocycles. The van der Waals surface area contributed by atoms with Crippen molar-refractivity contribution < 1.29 is 9.34 Å². The second kappa shape index (κ2) is 7.71. The topological polar surface area (TPSA) is 100 Å². The quantitative estimate of drug-likeness (QED) is 0.380. The number of hydrazone groups is 1. The summed E-state index contributed by atoms with van der Waals surface area (Å²) in [5.41, 5.74) is 2.76. The number of thiocarbonyl (C=S) groups is 1. The summed E-state index contributed by atoms with van der Waals surface area (Å²) in [6.45, 7) is 3.13. The fourth-order valence-corrected chi connectivity index (χ4v) is 2.65. The van der Waals surface area contributed by atoms with Gasteiger partial charge in [-0.05, 0) is 30.4 Å². The lowest BCUT2D eigenvalue weighted by atomic mass is 10.3. The van der Waals surface area contributed by atoms with Gasteiger partial charge in [0.1, 0.15) is 10.7 Å². The first-order valence-corrected chi connectivity index (χ1v) is 8.02. The number of aromatic nitrogens is 1. The van der Waals surface area contributed by atoms with Crippen molar-refractivity contribution in [3.63, 3.8) is 0 Å². The zero-order valence-electron chi connectivity index (χ0n) is 13.2. The molecule has 0 spiro atoms. The molecule has 130 valence electrons. The molecule has 3 rings (SSSR count). The van der Waals surface area contributed by atoms with Gasteiger partial charge in [-0.2, -0.15) is 5.10 Å². The van der Waals surface area contributed by atoms with Crippen molar-refractivity contribution in [2.45, 2.75) is 0 Å². The number of furan rings is 1. The number of nitro groups is 1. The number of piperazine rings is 1. The van der Waals surface area contributed by atoms with E-state index in [2.05, 4.69) is 20.4 Å². The number of rotatable bonds is 4. The highest BCUT2D eigenvalue weighted by Crippen LogP contribution is 2.14. The molecule has 0 unspecified atom stereocenters. The molecule has 2 aromatic heterocycles. The van der Waals surface area contributed by atoms with E-state index in [1.54, 1.807) is 6.20 Å². The Balaban J connectivity index is 1.47. The van der Waals surface area contributed by atoms with E-state index in [0.29, 0.717) is 5.11 Å². The fraction of sp³-hybridized carbons (Fsp3) is 0.267. The maximum absolute atomic E-state index is 10.5. The molecule has 10 heteroatoms. The fourth-order valence-electron chi connectivity index (χ4n) is 2.41. The minimum Gasteiger partial charge on any atom is -0.400 e. The lowest BCUT2D eigenvalue weighted by Crippen LogP contribution is -2.51. The van der Waals surface area contributed by atoms with Crippen LogP contribution in [0.1, 0.15) is 5.76 Å². The third kappa shape index (κ3) is 4.29. The largest absolute Gasteiger partial charge is 0.433 e. The van der Waals surface area contributed by atoms with Crippen molar-refractivity contribution in [1.29, 1.82) is 0 Å². The highest BCUT2D eigenvalue weighted by atomic mass is 32.1. The van der Waals surface area contributed by atoms with Crippen LogP contribution in [0.25, 0.3) is 0 Å². The summed E-state index contributed by atoms with van der Waals surface area (Å²) in [4.78, 5) is 18.5. The van der Waals surface area contributed by atoms with Gasteiger partial charge in [-0.3, -0.25) is 15.5 Å². The first-order valence-electron chi connectivity index (χ1n) is 7.61. The molecule has 0 aliphatic carbocycles. The number of nitrogens with zero attached hydrogens (tertiary/aromatic N) is 5. The van der Waals surface area contributed by atoms with E-state index < -0.39 is 4.92 Å². The Kier molecular flexibility index (Phi) is 5.19. The van der Waals surface area contributed by atoms with E-state index in [-0.39, 0.29) is 11.6 Å². The number of nitrogens with one attached hydrogen (secondary N) is 1. The molecule has 0 radical (unpaired) electrons. The van der Waals surface area contributed by atoms with Crippen LogP contribution in [-0.4, -0.2) is 52.3 Å². The van der Waals surface area contributed by atoms with Crippen LogP contribution in [0.2, 0.25) is 0 Å². The van der Waals surface area contributed by atoms with Crippen LogP contribution < -0.4 is 10.3 Å². The Morgan fingerprint density at radius 2 is 2.12 bits per heavy atom. The number of hydrogen-bond donors (Lipinski definition) is 1. The van der Waals surface area contributed by atoms with Gasteiger partial charge in [0, 0.05) is 32.4 Å². The van der Waals surface area contributed by atoms with Gasteiger partial charge >= 0.3 is 5.88 Å². The van der Waals surface area contributed by atoms with Crippen LogP contribution in [0, 0.1) is 10.1 Å². The first-order chi connectivity index (χ1) is 12.1. The highest BCUT2D eigenvalue weighted by Gasteiger charge is 2.19. The molecule has 0 bridgehead atoms. The zero-order valence-corrected chi connectivity index (χ0v) is 14.1. The molecule has 0 amide bonds. The highest BCUT2D eigenvalue weighted by molar-refractivity contribution is 7.80. The summed E-state index contributed by atoms with van der Waals surface area (Å²) in [5, 5.41) is 15.0. The van der Waals surface area contributed by atoms with Crippen molar-refractivity contribution in [1.82, 2.24) is 15.3 Å². The number of hydrogen-bond acceptors (Lipinski definition) is 7. The predicted octanol–water partition coefficient (Wildman–Crippen LogP) is 1.61. The van der Waals surface area contributed by atoms with Gasteiger partial charge in [0.25, 0.3) is 0 Å². The molecule has 1 fully saturated rings. The predicted molar refractivity (Wildman–Crippen MR) is 96.7 cm³/mol. The summed E-state index contributed by atoms with van der Waals surface area (Å²) in [7, 11) is 0. The number of anilines is 1. The Labute approximate surface area is 149 Å². The molecule has 0 saturated carbocycles. The van der Waals surface area contributed by atoms with E-state index >= 15 is 0 Å². The SMILES string of the molecule is O=[N+]([O-])c1ccc(/C=N/NC(=S)N2CCN(c3ccccn3)CC2)o1. The lowest BCUT2D eigenvalue weighted by Gasteiger charge is -2.36. The normalized spacial score (nSPS) is 14.7. The Morgan fingerprint density at radius 3 is 2.76 bits per heavy atom. The molecule has 2 aromatic rings. The second-order valence-electron chi connectivity index (χ2n) is 5.27. The molecule has 1 N–H and O–H groups in total. The van der Waals surface area contributed by atoms with Gasteiger partial charge in [0.05, 0.1) is 12.3 Å². The molecule has 0 atom stereocenters. The van der Waals surface area contributed by atoms with Crippen molar-refractivity contribution in [3.05, 3.63) is 52.4 Å². The molecule has 1 aliphatic heterocycles. The van der Waals surface area contributed by atoms with Gasteiger partial charge in [0.2, 0.25) is 0 Å². The molecule has 9 nitrogen and oxygen atoms in total. The maximum Gasteiger partial charge on any atom is 0.433 e. The number of pyridine rings is 1. The van der Waals surface area contributed by atoms with E-state index in [0.717, 1.165) is 32.0 Å². The molecular weight excluding hydrogens is 344 g/mol. The smallest absolute Gasteiger partial charge is 0.400 e. The maximum atomic E-state index is 10.5. The van der Waals surface area contributed by atoms with Crippen LogP contribution in [-0.2, 0) is 0 Å². The monoisotopic (exact) mass is 360 g/mol. The average molecular weight is 360 g/mol. The molecule has 1 aliphatic rings. The third-order valence-corrected chi connectivity index (χ3v) is 4.03. The summed E-state index contributed by atoms with van der Waals surface area (Å²) in [6, 6.07) is 8.59. The summed E-state index contributed by atoms with van der Waals surface area (Å²) in [6.07, 6.45) is 3.13. The summed E-state index contributed by atoms with van der Waals surface area (Å²) < 4.78 is 4.98. The minimum absolute atomic E-state index is 0.280. The average Bonchev–Trinajstić information content (AvgIpc) is 3.12. The van der Waals surface area contributed by atoms with Gasteiger partial charge in [0.15, 0.2) is 10.9 Å². The van der Waals surface area contributed by atoms with Crippen molar-refractivity contribution in [2.75, 3.05) is 31.1 Å². The standard InChI is InChI=1S/C15H16N6O3S/c22-21(23)14-5-4-12(24-14)11-17-18-15(25)20-9-7-19(8-10-20)13-3-1-2-6-16-13/h1-6,11H,7-10H2,(H,18,25)/b17-11+. The molecule has 3 heterocycles. The lowest BCUT2D eigenvalue weighted by molar-refractivity contribution is -0.402. The van der Waals surface area contributed by atoms with Crippen LogP contribution in [0.4, 0.5) is 11.7 Å².